The summed E-state index contributed by atoms with van der Waals surface area (Å²) < 4.78 is 53.4. The van der Waals surface area contributed by atoms with Gasteiger partial charge in [0.15, 0.2) is 0 Å². The lowest BCUT2D eigenvalue weighted by molar-refractivity contribution is 0.593. The summed E-state index contributed by atoms with van der Waals surface area (Å²) >= 11 is 0. The number of nitrogens with two attached hydrogens (primary N) is 1. The molecule has 0 saturated carbocycles. The van der Waals surface area contributed by atoms with E-state index in [1.165, 1.54) is 6.07 Å². The molecule has 4 nitrogen and oxygen atoms in total. The first-order valence-corrected chi connectivity index (χ1v) is 7.68. The fraction of sp³-hybridized carbons (Fsp3) is 0.143. The Morgan fingerprint density at radius 1 is 1.14 bits per heavy atom. The van der Waals surface area contributed by atoms with Crippen LogP contribution in [0.1, 0.15) is 12.5 Å². The highest BCUT2D eigenvalue weighted by atomic mass is 32.2. The third kappa shape index (κ3) is 3.30. The van der Waals surface area contributed by atoms with Gasteiger partial charge in [-0.1, -0.05) is 13.0 Å². The van der Waals surface area contributed by atoms with Crippen molar-refractivity contribution in [3.05, 3.63) is 53.6 Å². The quantitative estimate of drug-likeness (QED) is 0.853. The molecule has 2 aromatic carbocycles. The number of aryl methyl sites for hydroxylation is 1. The molecule has 3 N–H and O–H groups in total. The number of hydrogen-bond acceptors (Lipinski definition) is 3. The molecular formula is C14H14F2N2O2S. The molecule has 0 atom stereocenters. The molecule has 112 valence electrons. The van der Waals surface area contributed by atoms with Crippen LogP contribution in [0.4, 0.5) is 20.2 Å². The average molecular weight is 312 g/mol. The van der Waals surface area contributed by atoms with Gasteiger partial charge >= 0.3 is 0 Å². The van der Waals surface area contributed by atoms with Crippen molar-refractivity contribution in [3.8, 4) is 0 Å². The number of benzene rings is 2. The average Bonchev–Trinajstić information content (AvgIpc) is 2.42. The van der Waals surface area contributed by atoms with E-state index in [0.717, 1.165) is 18.2 Å². The topological polar surface area (TPSA) is 72.2 Å². The van der Waals surface area contributed by atoms with Gasteiger partial charge in [-0.15, -0.1) is 0 Å². The van der Waals surface area contributed by atoms with Crippen molar-refractivity contribution in [2.45, 2.75) is 18.2 Å². The molecule has 0 fully saturated rings. The molecule has 0 aliphatic heterocycles. The van der Waals surface area contributed by atoms with Gasteiger partial charge in [0, 0.05) is 11.8 Å². The first kappa shape index (κ1) is 15.2. The summed E-state index contributed by atoms with van der Waals surface area (Å²) in [6.07, 6.45) is 0.460. The van der Waals surface area contributed by atoms with Gasteiger partial charge in [-0.3, -0.25) is 4.72 Å². The molecule has 2 rings (SSSR count). The predicted molar refractivity (Wildman–Crippen MR) is 77.4 cm³/mol. The third-order valence-electron chi connectivity index (χ3n) is 2.93. The molecule has 0 amide bonds. The Hall–Kier alpha value is -2.15. The number of halogens is 2. The molecule has 0 saturated heterocycles. The molecular weight excluding hydrogens is 298 g/mol. The minimum absolute atomic E-state index is 0.0475. The molecule has 0 aliphatic rings. The Balaban J connectivity index is 2.48. The van der Waals surface area contributed by atoms with Gasteiger partial charge < -0.3 is 5.73 Å². The van der Waals surface area contributed by atoms with Crippen LogP contribution in [0.25, 0.3) is 0 Å². The normalized spacial score (nSPS) is 11.4. The van der Waals surface area contributed by atoms with Gasteiger partial charge in [0.05, 0.1) is 10.6 Å². The van der Waals surface area contributed by atoms with Crippen LogP contribution in [-0.4, -0.2) is 8.42 Å². The van der Waals surface area contributed by atoms with E-state index in [2.05, 4.69) is 0 Å². The minimum atomic E-state index is -4.05. The number of hydrogen-bond donors (Lipinski definition) is 2. The van der Waals surface area contributed by atoms with Crippen molar-refractivity contribution in [3.63, 3.8) is 0 Å². The zero-order valence-corrected chi connectivity index (χ0v) is 12.0. The number of sulfonamides is 1. The van der Waals surface area contributed by atoms with E-state index in [1.54, 1.807) is 19.1 Å². The zero-order chi connectivity index (χ0) is 15.6. The number of anilines is 2. The molecule has 0 bridgehead atoms. The highest BCUT2D eigenvalue weighted by Crippen LogP contribution is 2.24. The smallest absolute Gasteiger partial charge is 0.262 e. The van der Waals surface area contributed by atoms with Crippen molar-refractivity contribution < 1.29 is 17.2 Å². The van der Waals surface area contributed by atoms with Crippen LogP contribution < -0.4 is 10.5 Å². The van der Waals surface area contributed by atoms with E-state index in [9.17, 15) is 17.2 Å². The van der Waals surface area contributed by atoms with Crippen molar-refractivity contribution in [2.24, 2.45) is 0 Å². The van der Waals surface area contributed by atoms with E-state index < -0.39 is 27.3 Å². The molecule has 0 aliphatic carbocycles. The second kappa shape index (κ2) is 5.69. The van der Waals surface area contributed by atoms with Crippen LogP contribution in [0.5, 0.6) is 0 Å². The Morgan fingerprint density at radius 3 is 2.52 bits per heavy atom. The number of rotatable bonds is 4. The van der Waals surface area contributed by atoms with Crippen LogP contribution in [0.3, 0.4) is 0 Å². The summed E-state index contributed by atoms with van der Waals surface area (Å²) in [5.41, 5.74) is 5.96. The minimum Gasteiger partial charge on any atom is -0.399 e. The monoisotopic (exact) mass is 312 g/mol. The van der Waals surface area contributed by atoms with Crippen LogP contribution in [-0.2, 0) is 16.4 Å². The Labute approximate surface area is 121 Å². The van der Waals surface area contributed by atoms with Crippen LogP contribution in [0, 0.1) is 11.6 Å². The molecule has 0 aromatic heterocycles. The maximum Gasteiger partial charge on any atom is 0.262 e. The lowest BCUT2D eigenvalue weighted by atomic mass is 10.1. The van der Waals surface area contributed by atoms with Crippen LogP contribution >= 0.6 is 0 Å². The summed E-state index contributed by atoms with van der Waals surface area (Å²) in [6.45, 7) is 1.79. The summed E-state index contributed by atoms with van der Waals surface area (Å²) in [5, 5.41) is 0. The van der Waals surface area contributed by atoms with E-state index in [-0.39, 0.29) is 10.6 Å². The Bertz CT molecular complexity index is 777. The molecule has 21 heavy (non-hydrogen) atoms. The Kier molecular flexibility index (Phi) is 4.13. The van der Waals surface area contributed by atoms with Gasteiger partial charge in [-0.2, -0.15) is 0 Å². The van der Waals surface area contributed by atoms with Gasteiger partial charge in [0.25, 0.3) is 10.0 Å². The van der Waals surface area contributed by atoms with E-state index >= 15 is 0 Å². The van der Waals surface area contributed by atoms with Crippen molar-refractivity contribution in [2.75, 3.05) is 10.5 Å². The molecule has 0 unspecified atom stereocenters. The second-order valence-electron chi connectivity index (χ2n) is 4.45. The second-order valence-corrected chi connectivity index (χ2v) is 6.10. The van der Waals surface area contributed by atoms with E-state index in [1.807, 2.05) is 4.72 Å². The molecule has 0 spiro atoms. The first-order chi connectivity index (χ1) is 9.83. The third-order valence-corrected chi connectivity index (χ3v) is 4.38. The fourth-order valence-electron chi connectivity index (χ4n) is 1.89. The largest absolute Gasteiger partial charge is 0.399 e. The zero-order valence-electron chi connectivity index (χ0n) is 11.2. The Morgan fingerprint density at radius 2 is 1.86 bits per heavy atom. The molecule has 0 radical (unpaired) electrons. The molecule has 2 aromatic rings. The highest BCUT2D eigenvalue weighted by molar-refractivity contribution is 7.92. The SMILES string of the molecule is CCc1ccc(N)cc1S(=O)(=O)Nc1cc(F)ccc1F. The lowest BCUT2D eigenvalue weighted by Gasteiger charge is -2.12. The lowest BCUT2D eigenvalue weighted by Crippen LogP contribution is -2.16. The standard InChI is InChI=1S/C14H14F2N2O2S/c1-2-9-3-5-11(17)8-14(9)21(19,20)18-13-7-10(15)4-6-12(13)16/h3-8,18H,2,17H2,1H3. The predicted octanol–water partition coefficient (Wildman–Crippen LogP) is 2.91. The van der Waals surface area contributed by atoms with Gasteiger partial charge in [0.1, 0.15) is 11.6 Å². The van der Waals surface area contributed by atoms with Crippen molar-refractivity contribution in [1.29, 1.82) is 0 Å². The summed E-state index contributed by atoms with van der Waals surface area (Å²) in [5.74, 6) is -1.60. The molecule has 0 heterocycles. The van der Waals surface area contributed by atoms with Gasteiger partial charge in [0.2, 0.25) is 0 Å². The van der Waals surface area contributed by atoms with Crippen molar-refractivity contribution >= 4 is 21.4 Å². The molecule has 7 heteroatoms. The number of nitrogen functional groups attached to an aromatic ring is 1. The van der Waals surface area contributed by atoms with Gasteiger partial charge in [-0.05, 0) is 36.2 Å². The van der Waals surface area contributed by atoms with Crippen LogP contribution in [0.15, 0.2) is 41.3 Å². The summed E-state index contributed by atoms with van der Waals surface area (Å²) in [4.78, 5) is -0.0475. The summed E-state index contributed by atoms with van der Waals surface area (Å²) in [7, 11) is -4.05. The van der Waals surface area contributed by atoms with E-state index in [4.69, 9.17) is 5.73 Å². The van der Waals surface area contributed by atoms with E-state index in [0.29, 0.717) is 12.0 Å². The fourth-order valence-corrected chi connectivity index (χ4v) is 3.29. The van der Waals surface area contributed by atoms with Crippen LogP contribution in [0.2, 0.25) is 0 Å². The maximum atomic E-state index is 13.6. The highest BCUT2D eigenvalue weighted by Gasteiger charge is 2.20. The first-order valence-electron chi connectivity index (χ1n) is 6.19. The van der Waals surface area contributed by atoms with Gasteiger partial charge in [-0.25, -0.2) is 17.2 Å². The van der Waals surface area contributed by atoms with Crippen molar-refractivity contribution in [1.82, 2.24) is 0 Å². The maximum absolute atomic E-state index is 13.6. The number of nitrogens with one attached hydrogen (secondary N) is 1. The summed E-state index contributed by atoms with van der Waals surface area (Å²) in [6, 6.07) is 7.01.